The molecule has 1 aromatic heterocycles. The van der Waals surface area contributed by atoms with Crippen molar-refractivity contribution in [2.75, 3.05) is 26.2 Å². The number of aromatic nitrogens is 1. The number of hydrogen-bond acceptors (Lipinski definition) is 3. The average Bonchev–Trinajstić information content (AvgIpc) is 2.39. The Bertz CT molecular complexity index is 490. The molecule has 1 fully saturated rings. The average molecular weight is 263 g/mol. The molecule has 0 atom stereocenters. The lowest BCUT2D eigenvalue weighted by atomic mass is 10.1. The number of piperidine rings is 1. The maximum absolute atomic E-state index is 11.9. The number of hydrogen-bond donors (Lipinski definition) is 2. The van der Waals surface area contributed by atoms with Gasteiger partial charge in [0.15, 0.2) is 5.43 Å². The predicted octanol–water partition coefficient (Wildman–Crippen LogP) is 0.899. The second kappa shape index (κ2) is 6.52. The Kier molecular flexibility index (Phi) is 4.74. The summed E-state index contributed by atoms with van der Waals surface area (Å²) >= 11 is 0. The first kappa shape index (κ1) is 13.8. The van der Waals surface area contributed by atoms with Gasteiger partial charge in [-0.3, -0.25) is 9.59 Å². The van der Waals surface area contributed by atoms with Gasteiger partial charge >= 0.3 is 0 Å². The van der Waals surface area contributed by atoms with Gasteiger partial charge < -0.3 is 15.2 Å². The van der Waals surface area contributed by atoms with E-state index in [1.54, 1.807) is 6.92 Å². The van der Waals surface area contributed by atoms with Gasteiger partial charge in [-0.15, -0.1) is 0 Å². The lowest BCUT2D eigenvalue weighted by Gasteiger charge is -2.26. The van der Waals surface area contributed by atoms with Crippen molar-refractivity contribution in [1.29, 1.82) is 0 Å². The van der Waals surface area contributed by atoms with Gasteiger partial charge in [0.25, 0.3) is 5.91 Å². The molecule has 2 rings (SSSR count). The third-order valence-corrected chi connectivity index (χ3v) is 3.46. The molecule has 0 aliphatic carbocycles. The number of carbonyl (C=O) groups is 1. The molecule has 1 aliphatic heterocycles. The number of H-pyrrole nitrogens is 1. The Morgan fingerprint density at radius 1 is 1.37 bits per heavy atom. The van der Waals surface area contributed by atoms with Crippen LogP contribution in [0.1, 0.15) is 35.3 Å². The van der Waals surface area contributed by atoms with Gasteiger partial charge in [-0.2, -0.15) is 0 Å². The fraction of sp³-hybridized carbons (Fsp3) is 0.571. The maximum atomic E-state index is 11.9. The van der Waals surface area contributed by atoms with Gasteiger partial charge in [-0.05, 0) is 32.9 Å². The van der Waals surface area contributed by atoms with E-state index < -0.39 is 0 Å². The first-order chi connectivity index (χ1) is 9.16. The van der Waals surface area contributed by atoms with Crippen molar-refractivity contribution < 1.29 is 4.79 Å². The predicted molar refractivity (Wildman–Crippen MR) is 74.4 cm³/mol. The molecule has 0 saturated carbocycles. The highest BCUT2D eigenvalue weighted by Gasteiger charge is 2.12. The minimum absolute atomic E-state index is 0.184. The maximum Gasteiger partial charge on any atom is 0.256 e. The van der Waals surface area contributed by atoms with Crippen molar-refractivity contribution in [3.05, 3.63) is 33.7 Å². The zero-order valence-corrected chi connectivity index (χ0v) is 11.4. The fourth-order valence-corrected chi connectivity index (χ4v) is 2.36. The van der Waals surface area contributed by atoms with Crippen molar-refractivity contribution in [2.24, 2.45) is 0 Å². The van der Waals surface area contributed by atoms with Gasteiger partial charge in [0, 0.05) is 31.0 Å². The molecule has 5 nitrogen and oxygen atoms in total. The van der Waals surface area contributed by atoms with E-state index >= 15 is 0 Å². The minimum Gasteiger partial charge on any atom is -0.364 e. The van der Waals surface area contributed by atoms with E-state index in [1.807, 2.05) is 0 Å². The second-order valence-corrected chi connectivity index (χ2v) is 5.05. The van der Waals surface area contributed by atoms with E-state index in [0.29, 0.717) is 6.54 Å². The Hall–Kier alpha value is -1.62. The van der Waals surface area contributed by atoms with Crippen LogP contribution in [0.2, 0.25) is 0 Å². The summed E-state index contributed by atoms with van der Waals surface area (Å²) in [7, 11) is 0. The van der Waals surface area contributed by atoms with E-state index in [9.17, 15) is 9.59 Å². The molecule has 5 heteroatoms. The smallest absolute Gasteiger partial charge is 0.256 e. The van der Waals surface area contributed by atoms with Crippen LogP contribution in [0, 0.1) is 6.92 Å². The molecular formula is C14H21N3O2. The van der Waals surface area contributed by atoms with Crippen LogP contribution in [0.25, 0.3) is 0 Å². The van der Waals surface area contributed by atoms with Crippen molar-refractivity contribution in [2.45, 2.75) is 26.2 Å². The molecule has 104 valence electrons. The lowest BCUT2D eigenvalue weighted by molar-refractivity contribution is 0.0945. The van der Waals surface area contributed by atoms with E-state index in [0.717, 1.165) is 25.3 Å². The molecule has 1 aromatic rings. The van der Waals surface area contributed by atoms with Gasteiger partial charge in [-0.25, -0.2) is 0 Å². The summed E-state index contributed by atoms with van der Waals surface area (Å²) in [6, 6.07) is 1.44. The molecule has 2 N–H and O–H groups in total. The third kappa shape index (κ3) is 3.92. The molecule has 1 amide bonds. The highest BCUT2D eigenvalue weighted by molar-refractivity contribution is 5.93. The van der Waals surface area contributed by atoms with Gasteiger partial charge in [-0.1, -0.05) is 6.42 Å². The summed E-state index contributed by atoms with van der Waals surface area (Å²) in [5.74, 6) is -0.293. The van der Waals surface area contributed by atoms with E-state index in [4.69, 9.17) is 0 Å². The van der Waals surface area contributed by atoms with Crippen molar-refractivity contribution in [1.82, 2.24) is 15.2 Å². The zero-order chi connectivity index (χ0) is 13.7. The molecule has 1 saturated heterocycles. The SMILES string of the molecule is Cc1cc(=O)c(C(=O)NCCN2CCCCC2)c[nH]1. The topological polar surface area (TPSA) is 65.2 Å². The number of pyridine rings is 1. The van der Waals surface area contributed by atoms with Gasteiger partial charge in [0.1, 0.15) is 5.56 Å². The van der Waals surface area contributed by atoms with Crippen molar-refractivity contribution >= 4 is 5.91 Å². The first-order valence-corrected chi connectivity index (χ1v) is 6.87. The minimum atomic E-state index is -0.293. The van der Waals surface area contributed by atoms with Crippen LogP contribution in [0.5, 0.6) is 0 Å². The molecule has 2 heterocycles. The molecule has 0 spiro atoms. The van der Waals surface area contributed by atoms with E-state index in [-0.39, 0.29) is 16.9 Å². The summed E-state index contributed by atoms with van der Waals surface area (Å²) in [6.07, 6.45) is 5.27. The Labute approximate surface area is 113 Å². The molecule has 0 unspecified atom stereocenters. The number of likely N-dealkylation sites (tertiary alicyclic amines) is 1. The second-order valence-electron chi connectivity index (χ2n) is 5.05. The zero-order valence-electron chi connectivity index (χ0n) is 11.4. The number of aromatic amines is 1. The van der Waals surface area contributed by atoms with Crippen LogP contribution in [-0.4, -0.2) is 42.0 Å². The third-order valence-electron chi connectivity index (χ3n) is 3.46. The van der Waals surface area contributed by atoms with Crippen LogP contribution >= 0.6 is 0 Å². The Morgan fingerprint density at radius 2 is 2.11 bits per heavy atom. The molecule has 0 bridgehead atoms. The summed E-state index contributed by atoms with van der Waals surface area (Å²) in [5.41, 5.74) is 0.714. The van der Waals surface area contributed by atoms with Crippen molar-refractivity contribution in [3.63, 3.8) is 0 Å². The van der Waals surface area contributed by atoms with Crippen LogP contribution in [-0.2, 0) is 0 Å². The standard InChI is InChI=1S/C14H21N3O2/c1-11-9-13(18)12(10-16-11)14(19)15-5-8-17-6-3-2-4-7-17/h9-10H,2-8H2,1H3,(H,15,19)(H,16,18). The number of aryl methyl sites for hydroxylation is 1. The fourth-order valence-electron chi connectivity index (χ4n) is 2.36. The summed E-state index contributed by atoms with van der Waals surface area (Å²) < 4.78 is 0. The Morgan fingerprint density at radius 3 is 2.79 bits per heavy atom. The molecular weight excluding hydrogens is 242 g/mol. The van der Waals surface area contributed by atoms with Crippen LogP contribution in [0.3, 0.4) is 0 Å². The monoisotopic (exact) mass is 263 g/mol. The van der Waals surface area contributed by atoms with Gasteiger partial charge in [0.05, 0.1) is 0 Å². The highest BCUT2D eigenvalue weighted by atomic mass is 16.2. The highest BCUT2D eigenvalue weighted by Crippen LogP contribution is 2.07. The molecule has 0 radical (unpaired) electrons. The van der Waals surface area contributed by atoms with Gasteiger partial charge in [0.2, 0.25) is 0 Å². The number of nitrogens with one attached hydrogen (secondary N) is 2. The molecule has 0 aromatic carbocycles. The first-order valence-electron chi connectivity index (χ1n) is 6.87. The normalized spacial score (nSPS) is 16.3. The van der Waals surface area contributed by atoms with Crippen molar-refractivity contribution in [3.8, 4) is 0 Å². The molecule has 19 heavy (non-hydrogen) atoms. The molecule has 1 aliphatic rings. The van der Waals surface area contributed by atoms with Crippen LogP contribution < -0.4 is 10.7 Å². The summed E-state index contributed by atoms with van der Waals surface area (Å²) in [4.78, 5) is 28.8. The number of carbonyl (C=O) groups excluding carboxylic acids is 1. The van der Waals surface area contributed by atoms with E-state index in [2.05, 4.69) is 15.2 Å². The number of rotatable bonds is 4. The quantitative estimate of drug-likeness (QED) is 0.848. The van der Waals surface area contributed by atoms with Crippen LogP contribution in [0.4, 0.5) is 0 Å². The largest absolute Gasteiger partial charge is 0.364 e. The summed E-state index contributed by atoms with van der Waals surface area (Å²) in [5, 5.41) is 2.81. The van der Waals surface area contributed by atoms with Crippen LogP contribution in [0.15, 0.2) is 17.1 Å². The summed E-state index contributed by atoms with van der Waals surface area (Å²) in [6.45, 7) is 5.46. The number of amides is 1. The Balaban J connectivity index is 1.82. The number of nitrogens with zero attached hydrogens (tertiary/aromatic N) is 1. The lowest BCUT2D eigenvalue weighted by Crippen LogP contribution is -2.38. The van der Waals surface area contributed by atoms with E-state index in [1.165, 1.54) is 31.5 Å².